The van der Waals surface area contributed by atoms with Crippen molar-refractivity contribution in [2.45, 2.75) is 60.0 Å². The van der Waals surface area contributed by atoms with Gasteiger partial charge in [0.15, 0.2) is 5.65 Å². The molecule has 8 nitrogen and oxygen atoms in total. The van der Waals surface area contributed by atoms with Gasteiger partial charge in [-0.3, -0.25) is 9.78 Å². The molecule has 4 heterocycles. The van der Waals surface area contributed by atoms with Gasteiger partial charge in [-0.15, -0.1) is 0 Å². The van der Waals surface area contributed by atoms with Crippen LogP contribution in [-0.4, -0.2) is 55.5 Å². The Hall–Kier alpha value is -4.11. The molecule has 220 valence electrons. The Kier molecular flexibility index (Phi) is 8.82. The Balaban J connectivity index is 0.00000405. The molecule has 1 aromatic carbocycles. The van der Waals surface area contributed by atoms with Gasteiger partial charge < -0.3 is 9.80 Å². The number of aromatic nitrogens is 4. The number of pyridine rings is 2. The van der Waals surface area contributed by atoms with Crippen LogP contribution in [0.3, 0.4) is 0 Å². The molecule has 42 heavy (non-hydrogen) atoms. The van der Waals surface area contributed by atoms with Gasteiger partial charge in [-0.25, -0.2) is 18.7 Å². The summed E-state index contributed by atoms with van der Waals surface area (Å²) in [5.74, 6) is -0.212. The van der Waals surface area contributed by atoms with E-state index in [0.29, 0.717) is 41.3 Å². The molecule has 0 bridgehead atoms. The van der Waals surface area contributed by atoms with Crippen LogP contribution in [-0.2, 0) is 4.79 Å². The first-order valence-electron chi connectivity index (χ1n) is 13.6. The molecular weight excluding hydrogens is 555 g/mol. The summed E-state index contributed by atoms with van der Waals surface area (Å²) in [5.41, 5.74) is 2.33. The highest BCUT2D eigenvalue weighted by atomic mass is 35.5. The van der Waals surface area contributed by atoms with Crippen LogP contribution in [0.15, 0.2) is 60.0 Å². The van der Waals surface area contributed by atoms with E-state index in [2.05, 4.69) is 16.5 Å². The fourth-order valence-electron chi connectivity index (χ4n) is 5.71. The van der Waals surface area contributed by atoms with Crippen LogP contribution in [0, 0.1) is 12.7 Å². The quantitative estimate of drug-likeness (QED) is 0.253. The third kappa shape index (κ3) is 5.29. The second-order valence-electron chi connectivity index (χ2n) is 10.8. The van der Waals surface area contributed by atoms with Crippen LogP contribution in [0.25, 0.3) is 28.0 Å². The topological polar surface area (TPSA) is 84.2 Å². The number of amides is 1. The van der Waals surface area contributed by atoms with Crippen LogP contribution in [0.4, 0.5) is 10.2 Å². The number of rotatable bonds is 5. The Morgan fingerprint density at radius 2 is 1.81 bits per heavy atom. The summed E-state index contributed by atoms with van der Waals surface area (Å²) in [5, 5.41) is 0.764. The summed E-state index contributed by atoms with van der Waals surface area (Å²) in [6.45, 7) is 14.3. The van der Waals surface area contributed by atoms with Gasteiger partial charge in [-0.1, -0.05) is 51.6 Å². The zero-order chi connectivity index (χ0) is 29.6. The molecule has 1 amide bonds. The summed E-state index contributed by atoms with van der Waals surface area (Å²) in [4.78, 5) is 44.3. The lowest BCUT2D eigenvalue weighted by molar-refractivity contribution is -0.130. The summed E-state index contributed by atoms with van der Waals surface area (Å²) < 4.78 is 16.4. The zero-order valence-corrected chi connectivity index (χ0v) is 24.5. The molecule has 0 unspecified atom stereocenters. The van der Waals surface area contributed by atoms with E-state index in [9.17, 15) is 14.0 Å². The van der Waals surface area contributed by atoms with Crippen molar-refractivity contribution >= 4 is 34.4 Å². The lowest BCUT2D eigenvalue weighted by Gasteiger charge is -2.44. The van der Waals surface area contributed by atoms with Gasteiger partial charge >= 0.3 is 5.69 Å². The fourth-order valence-corrected chi connectivity index (χ4v) is 5.96. The molecule has 4 aromatic rings. The average molecular weight is 591 g/mol. The molecular formula is C32H36ClFN6O2. The van der Waals surface area contributed by atoms with Gasteiger partial charge in [0.05, 0.1) is 27.5 Å². The molecule has 0 saturated carbocycles. The number of halogens is 2. The fraction of sp³-hybridized carbons (Fsp3) is 0.344. The summed E-state index contributed by atoms with van der Waals surface area (Å²) in [7, 11) is 0. The smallest absolute Gasteiger partial charge is 0.352 e. The van der Waals surface area contributed by atoms with Crippen LogP contribution < -0.4 is 10.6 Å². The second kappa shape index (κ2) is 12.0. The van der Waals surface area contributed by atoms with E-state index in [-0.39, 0.29) is 47.6 Å². The number of carbonyl (C=O) groups is 1. The molecule has 0 radical (unpaired) electrons. The second-order valence-corrected chi connectivity index (χ2v) is 11.2. The maximum absolute atomic E-state index is 14.9. The summed E-state index contributed by atoms with van der Waals surface area (Å²) >= 11 is 6.77. The molecule has 1 aliphatic rings. The first-order valence-corrected chi connectivity index (χ1v) is 13.9. The van der Waals surface area contributed by atoms with Gasteiger partial charge in [-0.05, 0) is 62.6 Å². The van der Waals surface area contributed by atoms with E-state index in [1.54, 1.807) is 35.4 Å². The summed E-state index contributed by atoms with van der Waals surface area (Å²) in [6, 6.07) is 9.45. The maximum Gasteiger partial charge on any atom is 0.355 e. The number of fused-ring (bicyclic) bond motifs is 1. The van der Waals surface area contributed by atoms with E-state index in [1.165, 1.54) is 16.7 Å². The molecule has 0 spiro atoms. The molecule has 1 fully saturated rings. The molecule has 3 aromatic heterocycles. The first-order chi connectivity index (χ1) is 19.5. The highest BCUT2D eigenvalue weighted by Gasteiger charge is 2.34. The number of piperazine rings is 1. The Morgan fingerprint density at radius 3 is 2.43 bits per heavy atom. The van der Waals surface area contributed by atoms with Crippen molar-refractivity contribution in [2.75, 3.05) is 18.0 Å². The Morgan fingerprint density at radius 1 is 1.14 bits per heavy atom. The highest BCUT2D eigenvalue weighted by Crippen LogP contribution is 2.36. The highest BCUT2D eigenvalue weighted by molar-refractivity contribution is 6.33. The van der Waals surface area contributed by atoms with Gasteiger partial charge in [0, 0.05) is 36.9 Å². The van der Waals surface area contributed by atoms with Crippen molar-refractivity contribution < 1.29 is 9.18 Å². The van der Waals surface area contributed by atoms with Crippen molar-refractivity contribution in [3.05, 3.63) is 87.8 Å². The molecule has 2 atom stereocenters. The number of hydrogen-bond donors (Lipinski definition) is 0. The molecule has 0 N–H and O–H groups in total. The van der Waals surface area contributed by atoms with Gasteiger partial charge in [0.2, 0.25) is 5.91 Å². The number of nitrogens with zero attached hydrogens (tertiary/aromatic N) is 6. The third-order valence-corrected chi connectivity index (χ3v) is 7.79. The Labute approximate surface area is 250 Å². The van der Waals surface area contributed by atoms with Crippen LogP contribution in [0.2, 0.25) is 5.02 Å². The van der Waals surface area contributed by atoms with Gasteiger partial charge in [0.1, 0.15) is 11.6 Å². The van der Waals surface area contributed by atoms with Crippen molar-refractivity contribution in [3.8, 4) is 16.9 Å². The monoisotopic (exact) mass is 590 g/mol. The standard InChI is InChI=1S/C31H32ClFN6O2.CH4/c1-7-25(40)38-19(5)15-37(16-20(38)6)29-22-14-23(32)27(21-10-8-9-11-24(21)33)35-30(22)39(31(41)36-29)28-18(4)12-13-34-26(28)17(2)3;/h7-14,17,19-20H,1,15-16H2,2-6H3;1H4/t19-,20+;. The average Bonchev–Trinajstić information content (AvgIpc) is 2.92. The van der Waals surface area contributed by atoms with E-state index >= 15 is 0 Å². The minimum atomic E-state index is -0.537. The maximum atomic E-state index is 14.9. The molecule has 0 aliphatic carbocycles. The van der Waals surface area contributed by atoms with Crippen molar-refractivity contribution in [3.63, 3.8) is 0 Å². The number of benzene rings is 1. The van der Waals surface area contributed by atoms with Crippen molar-refractivity contribution in [1.29, 1.82) is 0 Å². The first kappa shape index (κ1) is 30.8. The molecule has 10 heteroatoms. The molecule has 5 rings (SSSR count). The van der Waals surface area contributed by atoms with E-state index in [4.69, 9.17) is 16.6 Å². The normalized spacial score (nSPS) is 17.0. The lowest BCUT2D eigenvalue weighted by Crippen LogP contribution is -2.58. The number of aryl methyl sites for hydroxylation is 1. The summed E-state index contributed by atoms with van der Waals surface area (Å²) in [6.07, 6.45) is 3.03. The van der Waals surface area contributed by atoms with Gasteiger partial charge in [-0.2, -0.15) is 4.98 Å². The van der Waals surface area contributed by atoms with Gasteiger partial charge in [0.25, 0.3) is 0 Å². The number of anilines is 1. The van der Waals surface area contributed by atoms with Crippen LogP contribution >= 0.6 is 11.6 Å². The number of carbonyl (C=O) groups excluding carboxylic acids is 1. The third-order valence-electron chi connectivity index (χ3n) is 7.50. The largest absolute Gasteiger partial charge is 0.355 e. The van der Waals surface area contributed by atoms with Crippen molar-refractivity contribution in [1.82, 2.24) is 24.4 Å². The molecule has 1 aliphatic heterocycles. The van der Waals surface area contributed by atoms with E-state index in [1.807, 2.05) is 45.6 Å². The SMILES string of the molecule is C.C=CC(=O)N1[C@H](C)CN(c2nc(=O)n(-c3c(C)ccnc3C(C)C)c3nc(-c4ccccc4F)c(Cl)cc23)C[C@@H]1C. The molecule has 1 saturated heterocycles. The zero-order valence-electron chi connectivity index (χ0n) is 23.7. The minimum absolute atomic E-state index is 0. The van der Waals surface area contributed by atoms with Crippen LogP contribution in [0.1, 0.15) is 52.3 Å². The number of hydrogen-bond acceptors (Lipinski definition) is 6. The van der Waals surface area contributed by atoms with Crippen LogP contribution in [0.5, 0.6) is 0 Å². The Bertz CT molecular complexity index is 1720. The predicted octanol–water partition coefficient (Wildman–Crippen LogP) is 6.31. The minimum Gasteiger partial charge on any atom is -0.352 e. The lowest BCUT2D eigenvalue weighted by atomic mass is 10.0. The van der Waals surface area contributed by atoms with E-state index < -0.39 is 11.5 Å². The van der Waals surface area contributed by atoms with E-state index in [0.717, 1.165) is 5.56 Å². The van der Waals surface area contributed by atoms with Crippen molar-refractivity contribution in [2.24, 2.45) is 0 Å². The predicted molar refractivity (Wildman–Crippen MR) is 167 cm³/mol.